The van der Waals surface area contributed by atoms with E-state index < -0.39 is 5.91 Å². The summed E-state index contributed by atoms with van der Waals surface area (Å²) < 4.78 is 6.48. The Balaban J connectivity index is 1.88. The summed E-state index contributed by atoms with van der Waals surface area (Å²) in [5.74, 6) is 0.165. The van der Waals surface area contributed by atoms with Crippen LogP contribution in [0, 0.1) is 6.92 Å². The summed E-state index contributed by atoms with van der Waals surface area (Å²) in [5.41, 5.74) is 1.79. The standard InChI is InChI=1S/C14H12N4O3/c1-8-15-11-7-9(3-5-12(11)21-8)16-14(20)10-4-6-13(19)18(2)17-10/h3-7H,1-2H3,(H,16,20). The van der Waals surface area contributed by atoms with Crippen molar-refractivity contribution in [3.05, 3.63) is 52.3 Å². The number of fused-ring (bicyclic) bond motifs is 1. The molecular weight excluding hydrogens is 272 g/mol. The second-order valence-corrected chi connectivity index (χ2v) is 4.55. The lowest BCUT2D eigenvalue weighted by molar-refractivity contribution is 0.102. The van der Waals surface area contributed by atoms with Crippen LogP contribution in [0.1, 0.15) is 16.4 Å². The Bertz CT molecular complexity index is 895. The maximum atomic E-state index is 12.1. The first-order chi connectivity index (χ1) is 10.0. The van der Waals surface area contributed by atoms with Crippen LogP contribution in [0.3, 0.4) is 0 Å². The minimum Gasteiger partial charge on any atom is -0.441 e. The quantitative estimate of drug-likeness (QED) is 0.769. The first kappa shape index (κ1) is 13.0. The van der Waals surface area contributed by atoms with Gasteiger partial charge < -0.3 is 9.73 Å². The number of aromatic nitrogens is 3. The van der Waals surface area contributed by atoms with E-state index in [-0.39, 0.29) is 11.3 Å². The number of hydrogen-bond acceptors (Lipinski definition) is 5. The number of carbonyl (C=O) groups excluding carboxylic acids is 1. The van der Waals surface area contributed by atoms with Crippen molar-refractivity contribution in [2.45, 2.75) is 6.92 Å². The van der Waals surface area contributed by atoms with E-state index in [1.165, 1.54) is 19.2 Å². The first-order valence-electron chi connectivity index (χ1n) is 6.26. The summed E-state index contributed by atoms with van der Waals surface area (Å²) in [7, 11) is 1.49. The van der Waals surface area contributed by atoms with Crippen LogP contribution >= 0.6 is 0 Å². The highest BCUT2D eigenvalue weighted by Gasteiger charge is 2.10. The number of oxazole rings is 1. The van der Waals surface area contributed by atoms with E-state index in [2.05, 4.69) is 15.4 Å². The molecular formula is C14H12N4O3. The topological polar surface area (TPSA) is 90.0 Å². The molecule has 1 N–H and O–H groups in total. The van der Waals surface area contributed by atoms with Gasteiger partial charge in [0.05, 0.1) is 0 Å². The van der Waals surface area contributed by atoms with Crippen molar-refractivity contribution in [2.75, 3.05) is 5.32 Å². The highest BCUT2D eigenvalue weighted by Crippen LogP contribution is 2.19. The van der Waals surface area contributed by atoms with E-state index in [0.717, 1.165) is 4.68 Å². The Kier molecular flexibility index (Phi) is 3.02. The van der Waals surface area contributed by atoms with Gasteiger partial charge in [0.2, 0.25) is 0 Å². The van der Waals surface area contributed by atoms with Crippen LogP contribution in [-0.2, 0) is 7.05 Å². The number of aryl methyl sites for hydroxylation is 2. The van der Waals surface area contributed by atoms with E-state index in [1.54, 1.807) is 25.1 Å². The largest absolute Gasteiger partial charge is 0.441 e. The average Bonchev–Trinajstić information content (AvgIpc) is 2.81. The van der Waals surface area contributed by atoms with Crippen molar-refractivity contribution in [1.29, 1.82) is 0 Å². The van der Waals surface area contributed by atoms with Crippen LogP contribution in [0.2, 0.25) is 0 Å². The van der Waals surface area contributed by atoms with Crippen LogP contribution in [0.5, 0.6) is 0 Å². The highest BCUT2D eigenvalue weighted by molar-refractivity contribution is 6.03. The molecule has 0 radical (unpaired) electrons. The summed E-state index contributed by atoms with van der Waals surface area (Å²) >= 11 is 0. The van der Waals surface area contributed by atoms with Crippen molar-refractivity contribution in [3.8, 4) is 0 Å². The maximum Gasteiger partial charge on any atom is 0.276 e. The van der Waals surface area contributed by atoms with Crippen molar-refractivity contribution in [2.24, 2.45) is 7.05 Å². The molecule has 0 spiro atoms. The zero-order chi connectivity index (χ0) is 15.0. The molecule has 106 valence electrons. The predicted molar refractivity (Wildman–Crippen MR) is 76.2 cm³/mol. The molecule has 0 saturated heterocycles. The molecule has 0 aliphatic heterocycles. The van der Waals surface area contributed by atoms with E-state index >= 15 is 0 Å². The molecule has 0 fully saturated rings. The fourth-order valence-corrected chi connectivity index (χ4v) is 1.94. The summed E-state index contributed by atoms with van der Waals surface area (Å²) in [6, 6.07) is 7.85. The number of amides is 1. The van der Waals surface area contributed by atoms with Crippen molar-refractivity contribution in [1.82, 2.24) is 14.8 Å². The molecule has 7 heteroatoms. The van der Waals surface area contributed by atoms with Crippen LogP contribution in [0.4, 0.5) is 5.69 Å². The molecule has 3 aromatic rings. The second kappa shape index (κ2) is 4.86. The molecule has 0 unspecified atom stereocenters. The molecule has 1 amide bonds. The van der Waals surface area contributed by atoms with Crippen LogP contribution in [0.15, 0.2) is 39.5 Å². The monoisotopic (exact) mass is 284 g/mol. The van der Waals surface area contributed by atoms with Gasteiger partial charge in [0, 0.05) is 25.7 Å². The summed E-state index contributed by atoms with van der Waals surface area (Å²) in [5, 5.41) is 6.60. The third-order valence-electron chi connectivity index (χ3n) is 2.95. The third-order valence-corrected chi connectivity index (χ3v) is 2.95. The average molecular weight is 284 g/mol. The van der Waals surface area contributed by atoms with Crippen molar-refractivity contribution < 1.29 is 9.21 Å². The Morgan fingerprint density at radius 1 is 1.29 bits per heavy atom. The van der Waals surface area contributed by atoms with Gasteiger partial charge in [-0.15, -0.1) is 0 Å². The predicted octanol–water partition coefficient (Wildman–Crippen LogP) is 1.48. The molecule has 21 heavy (non-hydrogen) atoms. The van der Waals surface area contributed by atoms with Gasteiger partial charge in [0.25, 0.3) is 11.5 Å². The van der Waals surface area contributed by atoms with E-state index in [4.69, 9.17) is 4.42 Å². The van der Waals surface area contributed by atoms with Crippen LogP contribution < -0.4 is 10.9 Å². The van der Waals surface area contributed by atoms with Gasteiger partial charge in [-0.2, -0.15) is 5.10 Å². The third kappa shape index (κ3) is 2.53. The molecule has 0 aliphatic rings. The fourth-order valence-electron chi connectivity index (χ4n) is 1.94. The molecule has 2 heterocycles. The van der Waals surface area contributed by atoms with Crippen LogP contribution in [0.25, 0.3) is 11.1 Å². The second-order valence-electron chi connectivity index (χ2n) is 4.55. The van der Waals surface area contributed by atoms with Gasteiger partial charge >= 0.3 is 0 Å². The minimum absolute atomic E-state index is 0.161. The van der Waals surface area contributed by atoms with Gasteiger partial charge in [-0.3, -0.25) is 9.59 Å². The van der Waals surface area contributed by atoms with Gasteiger partial charge in [0.15, 0.2) is 11.5 Å². The number of hydrogen-bond donors (Lipinski definition) is 1. The molecule has 7 nitrogen and oxygen atoms in total. The Morgan fingerprint density at radius 3 is 2.86 bits per heavy atom. The highest BCUT2D eigenvalue weighted by atomic mass is 16.3. The van der Waals surface area contributed by atoms with E-state index in [0.29, 0.717) is 22.7 Å². The molecule has 0 bridgehead atoms. The first-order valence-corrected chi connectivity index (χ1v) is 6.26. The van der Waals surface area contributed by atoms with E-state index in [1.807, 2.05) is 0 Å². The molecule has 0 aliphatic carbocycles. The van der Waals surface area contributed by atoms with Crippen LogP contribution in [-0.4, -0.2) is 20.7 Å². The molecule has 0 saturated carbocycles. The smallest absolute Gasteiger partial charge is 0.276 e. The lowest BCUT2D eigenvalue weighted by atomic mass is 10.2. The lowest BCUT2D eigenvalue weighted by Gasteiger charge is -2.05. The summed E-state index contributed by atoms with van der Waals surface area (Å²) in [4.78, 5) is 27.5. The number of benzene rings is 1. The lowest BCUT2D eigenvalue weighted by Crippen LogP contribution is -2.23. The Labute approximate surface area is 119 Å². The SMILES string of the molecule is Cc1nc2cc(NC(=O)c3ccc(=O)n(C)n3)ccc2o1. The van der Waals surface area contributed by atoms with Gasteiger partial charge in [-0.05, 0) is 24.3 Å². The zero-order valence-corrected chi connectivity index (χ0v) is 11.5. The molecule has 1 aromatic carbocycles. The van der Waals surface area contributed by atoms with Gasteiger partial charge in [-0.25, -0.2) is 9.67 Å². The summed E-state index contributed by atoms with van der Waals surface area (Å²) in [6.45, 7) is 1.76. The molecule has 2 aromatic heterocycles. The molecule has 3 rings (SSSR count). The van der Waals surface area contributed by atoms with Crippen molar-refractivity contribution in [3.63, 3.8) is 0 Å². The Morgan fingerprint density at radius 2 is 2.10 bits per heavy atom. The van der Waals surface area contributed by atoms with Gasteiger partial charge in [0.1, 0.15) is 11.2 Å². The number of nitrogens with zero attached hydrogens (tertiary/aromatic N) is 3. The Hall–Kier alpha value is -2.96. The molecule has 0 atom stereocenters. The minimum atomic E-state index is -0.398. The summed E-state index contributed by atoms with van der Waals surface area (Å²) in [6.07, 6.45) is 0. The maximum absolute atomic E-state index is 12.1. The number of carbonyl (C=O) groups is 1. The number of rotatable bonds is 2. The normalized spacial score (nSPS) is 10.8. The fraction of sp³-hybridized carbons (Fsp3) is 0.143. The van der Waals surface area contributed by atoms with E-state index in [9.17, 15) is 9.59 Å². The van der Waals surface area contributed by atoms with Gasteiger partial charge in [-0.1, -0.05) is 0 Å². The number of anilines is 1. The zero-order valence-electron chi connectivity index (χ0n) is 11.5. The number of nitrogens with one attached hydrogen (secondary N) is 1. The van der Waals surface area contributed by atoms with Crippen molar-refractivity contribution >= 4 is 22.7 Å².